The Morgan fingerprint density at radius 2 is 2.00 bits per heavy atom. The number of likely N-dealkylation sites (tertiary alicyclic amines) is 1. The van der Waals surface area contributed by atoms with Crippen molar-refractivity contribution in [2.24, 2.45) is 5.92 Å². The summed E-state index contributed by atoms with van der Waals surface area (Å²) in [6.07, 6.45) is 6.44. The maximum absolute atomic E-state index is 12.0. The minimum absolute atomic E-state index is 0.1000. The van der Waals surface area contributed by atoms with Crippen molar-refractivity contribution in [3.8, 4) is 0 Å². The molecule has 0 bridgehead atoms. The van der Waals surface area contributed by atoms with Crippen LogP contribution < -0.4 is 5.32 Å². The quantitative estimate of drug-likeness (QED) is 0.789. The molecule has 1 saturated carbocycles. The molecule has 3 nitrogen and oxygen atoms in total. The van der Waals surface area contributed by atoms with Crippen LogP contribution in [0.25, 0.3) is 0 Å². The lowest BCUT2D eigenvalue weighted by atomic mass is 10.1. The lowest BCUT2D eigenvalue weighted by molar-refractivity contribution is -0.130. The first kappa shape index (κ1) is 11.9. The van der Waals surface area contributed by atoms with Gasteiger partial charge in [0.25, 0.3) is 0 Å². The van der Waals surface area contributed by atoms with Crippen molar-refractivity contribution in [3.63, 3.8) is 0 Å². The van der Waals surface area contributed by atoms with Crippen molar-refractivity contribution in [3.05, 3.63) is 0 Å². The smallest absolute Gasteiger partial charge is 0.240 e. The number of carbonyl (C=O) groups excluding carboxylic acids is 1. The Kier molecular flexibility index (Phi) is 3.85. The normalized spacial score (nSPS) is 27.3. The van der Waals surface area contributed by atoms with Crippen LogP contribution in [-0.4, -0.2) is 36.0 Å². The largest absolute Gasteiger partial charge is 0.339 e. The van der Waals surface area contributed by atoms with Gasteiger partial charge in [-0.3, -0.25) is 4.79 Å². The summed E-state index contributed by atoms with van der Waals surface area (Å²) in [5.74, 6) is 1.13. The number of amides is 1. The molecule has 2 rings (SSSR count). The molecule has 2 aliphatic rings. The second-order valence-electron chi connectivity index (χ2n) is 5.53. The fourth-order valence-corrected chi connectivity index (χ4v) is 2.93. The molecule has 1 heterocycles. The van der Waals surface area contributed by atoms with Gasteiger partial charge >= 0.3 is 0 Å². The Hall–Kier alpha value is -0.570. The molecule has 0 aromatic heterocycles. The van der Waals surface area contributed by atoms with E-state index in [4.69, 9.17) is 0 Å². The predicted molar refractivity (Wildman–Crippen MR) is 65.2 cm³/mol. The van der Waals surface area contributed by atoms with Gasteiger partial charge in [-0.2, -0.15) is 0 Å². The average Bonchev–Trinajstić information content (AvgIpc) is 2.84. The third-order valence-electron chi connectivity index (χ3n) is 3.99. The Labute approximate surface area is 98.6 Å². The topological polar surface area (TPSA) is 32.3 Å². The Bertz CT molecular complexity index is 246. The van der Waals surface area contributed by atoms with Crippen LogP contribution in [0.3, 0.4) is 0 Å². The van der Waals surface area contributed by atoms with Crippen molar-refractivity contribution in [1.29, 1.82) is 0 Å². The first-order valence-electron chi connectivity index (χ1n) is 6.72. The maximum Gasteiger partial charge on any atom is 0.240 e. The molecule has 2 fully saturated rings. The molecule has 0 aromatic carbocycles. The molecular weight excluding hydrogens is 200 g/mol. The van der Waals surface area contributed by atoms with E-state index in [9.17, 15) is 4.79 Å². The highest BCUT2D eigenvalue weighted by Crippen LogP contribution is 2.24. The first-order chi connectivity index (χ1) is 7.68. The summed E-state index contributed by atoms with van der Waals surface area (Å²) in [4.78, 5) is 14.0. The zero-order chi connectivity index (χ0) is 11.5. The summed E-state index contributed by atoms with van der Waals surface area (Å²) in [7, 11) is 0. The third kappa shape index (κ3) is 2.57. The number of rotatable bonds is 4. The van der Waals surface area contributed by atoms with E-state index in [0.29, 0.717) is 11.9 Å². The van der Waals surface area contributed by atoms with Gasteiger partial charge in [0.05, 0.1) is 6.04 Å². The van der Waals surface area contributed by atoms with Crippen LogP contribution in [0.2, 0.25) is 0 Å². The monoisotopic (exact) mass is 224 g/mol. The second-order valence-corrected chi connectivity index (χ2v) is 5.53. The number of hydrogen-bond acceptors (Lipinski definition) is 2. The van der Waals surface area contributed by atoms with E-state index >= 15 is 0 Å². The summed E-state index contributed by atoms with van der Waals surface area (Å²) >= 11 is 0. The Morgan fingerprint density at radius 1 is 1.31 bits per heavy atom. The van der Waals surface area contributed by atoms with Crippen molar-refractivity contribution in [2.75, 3.05) is 13.1 Å². The third-order valence-corrected chi connectivity index (χ3v) is 3.99. The van der Waals surface area contributed by atoms with Gasteiger partial charge in [-0.05, 0) is 45.6 Å². The molecule has 0 spiro atoms. The highest BCUT2D eigenvalue weighted by atomic mass is 16.2. The zero-order valence-corrected chi connectivity index (χ0v) is 10.5. The Morgan fingerprint density at radius 3 is 2.56 bits per heavy atom. The van der Waals surface area contributed by atoms with Gasteiger partial charge in [-0.1, -0.05) is 12.8 Å². The summed E-state index contributed by atoms with van der Waals surface area (Å²) in [6.45, 7) is 6.16. The van der Waals surface area contributed by atoms with Gasteiger partial charge in [0.2, 0.25) is 5.91 Å². The van der Waals surface area contributed by atoms with Gasteiger partial charge in [0.1, 0.15) is 0 Å². The molecule has 1 atom stereocenters. The number of nitrogens with zero attached hydrogens (tertiary/aromatic N) is 1. The van der Waals surface area contributed by atoms with Crippen molar-refractivity contribution in [2.45, 2.75) is 58.0 Å². The van der Waals surface area contributed by atoms with E-state index in [0.717, 1.165) is 25.4 Å². The minimum atomic E-state index is 0.1000. The summed E-state index contributed by atoms with van der Waals surface area (Å²) in [6, 6.07) is 0.453. The minimum Gasteiger partial charge on any atom is -0.339 e. The van der Waals surface area contributed by atoms with E-state index in [2.05, 4.69) is 19.2 Å². The fourth-order valence-electron chi connectivity index (χ4n) is 2.93. The highest BCUT2D eigenvalue weighted by molar-refractivity contribution is 5.84. The SMILES string of the molecule is CC(C)N1CCC(NCC2CCCC2)C1=O. The van der Waals surface area contributed by atoms with E-state index in [1.54, 1.807) is 0 Å². The molecular formula is C13H24N2O. The van der Waals surface area contributed by atoms with E-state index in [1.165, 1.54) is 25.7 Å². The van der Waals surface area contributed by atoms with Gasteiger partial charge in [-0.25, -0.2) is 0 Å². The van der Waals surface area contributed by atoms with Crippen LogP contribution in [0.5, 0.6) is 0 Å². The highest BCUT2D eigenvalue weighted by Gasteiger charge is 2.32. The predicted octanol–water partition coefficient (Wildman–Crippen LogP) is 1.78. The molecule has 1 aliphatic carbocycles. The van der Waals surface area contributed by atoms with E-state index < -0.39 is 0 Å². The number of nitrogens with one attached hydrogen (secondary N) is 1. The van der Waals surface area contributed by atoms with Crippen LogP contribution in [0.1, 0.15) is 46.0 Å². The molecule has 3 heteroatoms. The molecule has 1 unspecified atom stereocenters. The maximum atomic E-state index is 12.0. The van der Waals surface area contributed by atoms with Gasteiger partial charge in [0.15, 0.2) is 0 Å². The number of hydrogen-bond donors (Lipinski definition) is 1. The van der Waals surface area contributed by atoms with Crippen LogP contribution in [0.15, 0.2) is 0 Å². The molecule has 16 heavy (non-hydrogen) atoms. The summed E-state index contributed by atoms with van der Waals surface area (Å²) < 4.78 is 0. The fraction of sp³-hybridized carbons (Fsp3) is 0.923. The second kappa shape index (κ2) is 5.17. The van der Waals surface area contributed by atoms with Gasteiger partial charge in [0, 0.05) is 12.6 Å². The molecule has 1 N–H and O–H groups in total. The lowest BCUT2D eigenvalue weighted by Crippen LogP contribution is -2.42. The van der Waals surface area contributed by atoms with Crippen LogP contribution in [0.4, 0.5) is 0 Å². The van der Waals surface area contributed by atoms with E-state index in [-0.39, 0.29) is 6.04 Å². The molecule has 1 saturated heterocycles. The first-order valence-corrected chi connectivity index (χ1v) is 6.72. The van der Waals surface area contributed by atoms with Crippen LogP contribution in [0, 0.1) is 5.92 Å². The number of carbonyl (C=O) groups is 1. The van der Waals surface area contributed by atoms with Crippen LogP contribution >= 0.6 is 0 Å². The summed E-state index contributed by atoms with van der Waals surface area (Å²) in [5.41, 5.74) is 0. The molecule has 1 aliphatic heterocycles. The molecule has 92 valence electrons. The van der Waals surface area contributed by atoms with Gasteiger partial charge in [-0.15, -0.1) is 0 Å². The van der Waals surface area contributed by atoms with Crippen molar-refractivity contribution in [1.82, 2.24) is 10.2 Å². The average molecular weight is 224 g/mol. The molecule has 1 amide bonds. The molecule has 0 aromatic rings. The summed E-state index contributed by atoms with van der Waals surface area (Å²) in [5, 5.41) is 3.47. The van der Waals surface area contributed by atoms with Crippen LogP contribution in [-0.2, 0) is 4.79 Å². The standard InChI is InChI=1S/C13H24N2O/c1-10(2)15-8-7-12(13(15)16)14-9-11-5-3-4-6-11/h10-12,14H,3-9H2,1-2H3. The Balaban J connectivity index is 1.76. The van der Waals surface area contributed by atoms with Crippen molar-refractivity contribution < 1.29 is 4.79 Å². The van der Waals surface area contributed by atoms with Gasteiger partial charge < -0.3 is 10.2 Å². The molecule has 0 radical (unpaired) electrons. The van der Waals surface area contributed by atoms with Crippen molar-refractivity contribution >= 4 is 5.91 Å². The lowest BCUT2D eigenvalue weighted by Gasteiger charge is -2.21. The zero-order valence-electron chi connectivity index (χ0n) is 10.5. The van der Waals surface area contributed by atoms with E-state index in [1.807, 2.05) is 4.90 Å².